The molecule has 0 bridgehead atoms. The van der Waals surface area contributed by atoms with Gasteiger partial charge in [0.15, 0.2) is 0 Å². The van der Waals surface area contributed by atoms with Gasteiger partial charge < -0.3 is 5.32 Å². The highest BCUT2D eigenvalue weighted by Crippen LogP contribution is 2.46. The molecule has 1 N–H and O–H groups in total. The van der Waals surface area contributed by atoms with Crippen molar-refractivity contribution in [1.82, 2.24) is 10.3 Å². The predicted octanol–water partition coefficient (Wildman–Crippen LogP) is 4.65. The summed E-state index contributed by atoms with van der Waals surface area (Å²) < 4.78 is 0. The van der Waals surface area contributed by atoms with Gasteiger partial charge in [-0.15, -0.1) is 0 Å². The first kappa shape index (κ1) is 15.0. The number of hydrogen-bond acceptors (Lipinski definition) is 2. The Morgan fingerprint density at radius 2 is 2.00 bits per heavy atom. The predicted molar refractivity (Wildman–Crippen MR) is 88.2 cm³/mol. The lowest BCUT2D eigenvalue weighted by Gasteiger charge is -2.42. The molecule has 2 nitrogen and oxygen atoms in total. The number of pyridine rings is 1. The van der Waals surface area contributed by atoms with E-state index in [-0.39, 0.29) is 0 Å². The van der Waals surface area contributed by atoms with Crippen molar-refractivity contribution in [3.63, 3.8) is 0 Å². The van der Waals surface area contributed by atoms with E-state index in [1.165, 1.54) is 56.1 Å². The van der Waals surface area contributed by atoms with Crippen molar-refractivity contribution in [2.24, 2.45) is 17.8 Å². The molecule has 0 saturated heterocycles. The summed E-state index contributed by atoms with van der Waals surface area (Å²) in [6, 6.07) is 2.66. The van der Waals surface area contributed by atoms with Crippen molar-refractivity contribution in [3.8, 4) is 0 Å². The Labute approximate surface area is 129 Å². The van der Waals surface area contributed by atoms with Gasteiger partial charge in [0.1, 0.15) is 0 Å². The van der Waals surface area contributed by atoms with E-state index in [0.29, 0.717) is 6.04 Å². The summed E-state index contributed by atoms with van der Waals surface area (Å²) in [5.41, 5.74) is 2.82. The average molecular weight is 286 g/mol. The van der Waals surface area contributed by atoms with Crippen LogP contribution in [0.3, 0.4) is 0 Å². The van der Waals surface area contributed by atoms with Crippen molar-refractivity contribution in [2.75, 3.05) is 6.54 Å². The molecule has 2 saturated carbocycles. The summed E-state index contributed by atoms with van der Waals surface area (Å²) in [5.74, 6) is 2.83. The highest BCUT2D eigenvalue weighted by molar-refractivity contribution is 5.26. The van der Waals surface area contributed by atoms with E-state index in [0.717, 1.165) is 24.3 Å². The Bertz CT molecular complexity index is 457. The summed E-state index contributed by atoms with van der Waals surface area (Å²) in [4.78, 5) is 4.38. The van der Waals surface area contributed by atoms with Gasteiger partial charge in [-0.05, 0) is 67.7 Å². The topological polar surface area (TPSA) is 24.9 Å². The number of fused-ring (bicyclic) bond motifs is 1. The Morgan fingerprint density at radius 1 is 1.19 bits per heavy atom. The first-order chi connectivity index (χ1) is 10.3. The third-order valence-electron chi connectivity index (χ3n) is 5.89. The molecule has 4 unspecified atom stereocenters. The van der Waals surface area contributed by atoms with Gasteiger partial charge in [-0.1, -0.05) is 32.6 Å². The van der Waals surface area contributed by atoms with Gasteiger partial charge in [0, 0.05) is 18.4 Å². The second kappa shape index (κ2) is 6.91. The van der Waals surface area contributed by atoms with Crippen molar-refractivity contribution in [2.45, 2.75) is 64.8 Å². The van der Waals surface area contributed by atoms with Gasteiger partial charge in [-0.25, -0.2) is 0 Å². The van der Waals surface area contributed by atoms with Crippen molar-refractivity contribution in [1.29, 1.82) is 0 Å². The lowest BCUT2D eigenvalue weighted by molar-refractivity contribution is 0.109. The molecule has 2 aliphatic carbocycles. The maximum atomic E-state index is 4.38. The normalized spacial score (nSPS) is 30.7. The zero-order valence-corrected chi connectivity index (χ0v) is 13.6. The van der Waals surface area contributed by atoms with Gasteiger partial charge in [0.25, 0.3) is 0 Å². The first-order valence-electron chi connectivity index (χ1n) is 8.93. The van der Waals surface area contributed by atoms with Crippen molar-refractivity contribution in [3.05, 3.63) is 29.6 Å². The fourth-order valence-corrected chi connectivity index (χ4v) is 4.76. The Balaban J connectivity index is 1.76. The first-order valence-corrected chi connectivity index (χ1v) is 8.93. The Kier molecular flexibility index (Phi) is 4.95. The minimum Gasteiger partial charge on any atom is -0.310 e. The summed E-state index contributed by atoms with van der Waals surface area (Å²) in [6.07, 6.45) is 14.2. The lowest BCUT2D eigenvalue weighted by Crippen LogP contribution is -2.36. The summed E-state index contributed by atoms with van der Waals surface area (Å²) in [6.45, 7) is 5.50. The highest BCUT2D eigenvalue weighted by Gasteiger charge is 2.36. The molecule has 0 radical (unpaired) electrons. The van der Waals surface area contributed by atoms with Crippen LogP contribution in [0.25, 0.3) is 0 Å². The number of nitrogens with one attached hydrogen (secondary N) is 1. The van der Waals surface area contributed by atoms with E-state index >= 15 is 0 Å². The van der Waals surface area contributed by atoms with Crippen LogP contribution in [-0.2, 0) is 0 Å². The number of aromatic nitrogens is 1. The number of rotatable bonds is 4. The van der Waals surface area contributed by atoms with E-state index in [1.54, 1.807) is 0 Å². The minimum atomic E-state index is 0.506. The van der Waals surface area contributed by atoms with E-state index in [4.69, 9.17) is 0 Å². The smallest absolute Gasteiger partial charge is 0.0366 e. The molecule has 0 spiro atoms. The SMILES string of the molecule is CCNC(c1cnccc1C)C1CCC2CCCCC2C1. The monoisotopic (exact) mass is 286 g/mol. The Morgan fingerprint density at radius 3 is 2.76 bits per heavy atom. The number of hydrogen-bond donors (Lipinski definition) is 1. The molecule has 0 aliphatic heterocycles. The van der Waals surface area contributed by atoms with E-state index in [9.17, 15) is 0 Å². The maximum Gasteiger partial charge on any atom is 0.0366 e. The third kappa shape index (κ3) is 3.31. The fourth-order valence-electron chi connectivity index (χ4n) is 4.76. The molecular formula is C19H30N2. The average Bonchev–Trinajstić information content (AvgIpc) is 2.53. The molecule has 1 aromatic rings. The van der Waals surface area contributed by atoms with Crippen LogP contribution in [0.2, 0.25) is 0 Å². The summed E-state index contributed by atoms with van der Waals surface area (Å²) >= 11 is 0. The van der Waals surface area contributed by atoms with Gasteiger partial charge in [0.2, 0.25) is 0 Å². The molecule has 116 valence electrons. The molecular weight excluding hydrogens is 256 g/mol. The fraction of sp³-hybridized carbons (Fsp3) is 0.737. The third-order valence-corrected chi connectivity index (χ3v) is 5.89. The molecule has 21 heavy (non-hydrogen) atoms. The van der Waals surface area contributed by atoms with E-state index in [1.807, 2.05) is 6.20 Å². The van der Waals surface area contributed by atoms with Crippen LogP contribution in [0, 0.1) is 24.7 Å². The molecule has 2 aliphatic rings. The quantitative estimate of drug-likeness (QED) is 0.871. The minimum absolute atomic E-state index is 0.506. The zero-order valence-electron chi connectivity index (χ0n) is 13.6. The summed E-state index contributed by atoms with van der Waals surface area (Å²) in [7, 11) is 0. The van der Waals surface area contributed by atoms with Gasteiger partial charge in [-0.2, -0.15) is 0 Å². The van der Waals surface area contributed by atoms with E-state index in [2.05, 4.69) is 36.4 Å². The summed E-state index contributed by atoms with van der Waals surface area (Å²) in [5, 5.41) is 3.76. The van der Waals surface area contributed by atoms with Crippen molar-refractivity contribution >= 4 is 0 Å². The molecule has 1 aromatic heterocycles. The number of nitrogens with zero attached hydrogens (tertiary/aromatic N) is 1. The molecule has 0 amide bonds. The maximum absolute atomic E-state index is 4.38. The lowest BCUT2D eigenvalue weighted by atomic mass is 9.65. The van der Waals surface area contributed by atoms with Crippen LogP contribution in [0.15, 0.2) is 18.5 Å². The van der Waals surface area contributed by atoms with E-state index < -0.39 is 0 Å². The van der Waals surface area contributed by atoms with Crippen LogP contribution >= 0.6 is 0 Å². The van der Waals surface area contributed by atoms with Gasteiger partial charge in [-0.3, -0.25) is 4.98 Å². The van der Waals surface area contributed by atoms with Crippen LogP contribution in [0.4, 0.5) is 0 Å². The molecule has 3 rings (SSSR count). The largest absolute Gasteiger partial charge is 0.310 e. The van der Waals surface area contributed by atoms with Gasteiger partial charge in [0.05, 0.1) is 0 Å². The van der Waals surface area contributed by atoms with Crippen LogP contribution in [-0.4, -0.2) is 11.5 Å². The van der Waals surface area contributed by atoms with Crippen LogP contribution in [0.5, 0.6) is 0 Å². The molecule has 2 fully saturated rings. The Hall–Kier alpha value is -0.890. The van der Waals surface area contributed by atoms with Crippen LogP contribution < -0.4 is 5.32 Å². The standard InChI is InChI=1S/C19H30N2/c1-3-21-19(18-13-20-11-10-14(18)2)17-9-8-15-6-4-5-7-16(15)12-17/h10-11,13,15-17,19,21H,3-9,12H2,1-2H3. The van der Waals surface area contributed by atoms with Crippen molar-refractivity contribution < 1.29 is 0 Å². The van der Waals surface area contributed by atoms with Gasteiger partial charge >= 0.3 is 0 Å². The second-order valence-corrected chi connectivity index (χ2v) is 7.15. The van der Waals surface area contributed by atoms with Crippen LogP contribution in [0.1, 0.15) is 69.0 Å². The highest BCUT2D eigenvalue weighted by atomic mass is 14.9. The molecule has 4 atom stereocenters. The molecule has 1 heterocycles. The number of aryl methyl sites for hydroxylation is 1. The molecule has 0 aromatic carbocycles. The molecule has 2 heteroatoms. The second-order valence-electron chi connectivity index (χ2n) is 7.15. The zero-order chi connectivity index (χ0) is 14.7.